The number of esters is 2. The zero-order valence-electron chi connectivity index (χ0n) is 11.9. The molecule has 1 atom stereocenters. The summed E-state index contributed by atoms with van der Waals surface area (Å²) in [5.41, 5.74) is 2.74. The average molecular weight is 291 g/mol. The van der Waals surface area contributed by atoms with Crippen LogP contribution in [0.4, 0.5) is 5.69 Å². The minimum atomic E-state index is -0.666. The molecule has 21 heavy (non-hydrogen) atoms. The van der Waals surface area contributed by atoms with E-state index in [4.69, 9.17) is 0 Å². The molecule has 0 aromatic heterocycles. The van der Waals surface area contributed by atoms with Crippen molar-refractivity contribution in [2.24, 2.45) is 0 Å². The molecular weight excluding hydrogens is 274 g/mol. The number of carbonyl (C=O) groups is 2. The van der Waals surface area contributed by atoms with Crippen LogP contribution < -0.4 is 5.32 Å². The van der Waals surface area contributed by atoms with Crippen molar-refractivity contribution < 1.29 is 24.2 Å². The van der Waals surface area contributed by atoms with Gasteiger partial charge in [0, 0.05) is 5.69 Å². The molecule has 0 spiro atoms. The van der Waals surface area contributed by atoms with Crippen molar-refractivity contribution in [1.82, 2.24) is 0 Å². The Morgan fingerprint density at radius 3 is 2.62 bits per heavy atom. The Kier molecular flexibility index (Phi) is 4.59. The molecule has 6 heteroatoms. The van der Waals surface area contributed by atoms with Crippen LogP contribution in [-0.2, 0) is 31.9 Å². The summed E-state index contributed by atoms with van der Waals surface area (Å²) < 4.78 is 9.13. The van der Waals surface area contributed by atoms with E-state index in [1.165, 1.54) is 14.2 Å². The van der Waals surface area contributed by atoms with Crippen molar-refractivity contribution in [1.29, 1.82) is 0 Å². The first-order chi connectivity index (χ1) is 10.0. The number of anilines is 1. The zero-order chi connectivity index (χ0) is 15.4. The molecule has 0 aliphatic heterocycles. The molecular formula is C15H17NO5. The van der Waals surface area contributed by atoms with Crippen LogP contribution in [0.5, 0.6) is 0 Å². The predicted octanol–water partition coefficient (Wildman–Crippen LogP) is 0.788. The number of ether oxygens (including phenoxy) is 2. The highest BCUT2D eigenvalue weighted by Crippen LogP contribution is 2.26. The Bertz CT molecular complexity index is 594. The molecule has 1 aliphatic carbocycles. The molecule has 112 valence electrons. The van der Waals surface area contributed by atoms with Crippen molar-refractivity contribution in [2.45, 2.75) is 18.9 Å². The van der Waals surface area contributed by atoms with Crippen LogP contribution >= 0.6 is 0 Å². The van der Waals surface area contributed by atoms with E-state index in [0.29, 0.717) is 18.5 Å². The standard InChI is InChI=1S/C15H17NO5/c1-20-14(18)8-13(15(19)21-2)16-11-4-3-9-6-12(17)7-10(9)5-11/h3-5,8,12,16-17H,6-7H2,1-2H3/b13-8+. The van der Waals surface area contributed by atoms with Crippen molar-refractivity contribution in [3.63, 3.8) is 0 Å². The largest absolute Gasteiger partial charge is 0.466 e. The van der Waals surface area contributed by atoms with Gasteiger partial charge >= 0.3 is 11.9 Å². The second kappa shape index (κ2) is 6.41. The Morgan fingerprint density at radius 2 is 1.95 bits per heavy atom. The van der Waals surface area contributed by atoms with Gasteiger partial charge in [0.25, 0.3) is 0 Å². The van der Waals surface area contributed by atoms with Crippen LogP contribution in [0.3, 0.4) is 0 Å². The van der Waals surface area contributed by atoms with Crippen LogP contribution in [0, 0.1) is 0 Å². The predicted molar refractivity (Wildman–Crippen MR) is 75.6 cm³/mol. The summed E-state index contributed by atoms with van der Waals surface area (Å²) in [6.07, 6.45) is 1.89. The number of aliphatic hydroxyl groups is 1. The first-order valence-corrected chi connectivity index (χ1v) is 6.48. The van der Waals surface area contributed by atoms with Crippen LogP contribution in [0.1, 0.15) is 11.1 Å². The highest BCUT2D eigenvalue weighted by molar-refractivity contribution is 5.98. The van der Waals surface area contributed by atoms with Crippen molar-refractivity contribution in [3.05, 3.63) is 41.1 Å². The lowest BCUT2D eigenvalue weighted by Gasteiger charge is -2.10. The van der Waals surface area contributed by atoms with Gasteiger partial charge < -0.3 is 19.9 Å². The Hall–Kier alpha value is -2.34. The number of fused-ring (bicyclic) bond motifs is 1. The van der Waals surface area contributed by atoms with Crippen LogP contribution in [-0.4, -0.2) is 37.4 Å². The molecule has 0 saturated heterocycles. The number of hydrogen-bond acceptors (Lipinski definition) is 6. The molecule has 0 saturated carbocycles. The topological polar surface area (TPSA) is 84.9 Å². The summed E-state index contributed by atoms with van der Waals surface area (Å²) in [5.74, 6) is -1.32. The molecule has 6 nitrogen and oxygen atoms in total. The van der Waals surface area contributed by atoms with E-state index in [1.54, 1.807) is 6.07 Å². The van der Waals surface area contributed by atoms with Gasteiger partial charge in [-0.1, -0.05) is 6.07 Å². The Balaban J connectivity index is 2.21. The number of aliphatic hydroxyl groups excluding tert-OH is 1. The van der Waals surface area contributed by atoms with E-state index in [1.807, 2.05) is 12.1 Å². The van der Waals surface area contributed by atoms with E-state index >= 15 is 0 Å². The molecule has 0 heterocycles. The minimum Gasteiger partial charge on any atom is -0.466 e. The van der Waals surface area contributed by atoms with Gasteiger partial charge in [-0.15, -0.1) is 0 Å². The van der Waals surface area contributed by atoms with E-state index in [9.17, 15) is 14.7 Å². The second-order valence-corrected chi connectivity index (χ2v) is 4.74. The number of benzene rings is 1. The van der Waals surface area contributed by atoms with Gasteiger partial charge in [0.1, 0.15) is 5.70 Å². The summed E-state index contributed by atoms with van der Waals surface area (Å²) in [7, 11) is 2.46. The van der Waals surface area contributed by atoms with E-state index in [0.717, 1.165) is 17.2 Å². The fourth-order valence-corrected chi connectivity index (χ4v) is 2.26. The fourth-order valence-electron chi connectivity index (χ4n) is 2.26. The van der Waals surface area contributed by atoms with Crippen LogP contribution in [0.25, 0.3) is 0 Å². The number of nitrogens with one attached hydrogen (secondary N) is 1. The summed E-state index contributed by atoms with van der Waals surface area (Å²) in [6.45, 7) is 0. The highest BCUT2D eigenvalue weighted by Gasteiger charge is 2.20. The Morgan fingerprint density at radius 1 is 1.24 bits per heavy atom. The first-order valence-electron chi connectivity index (χ1n) is 6.48. The molecule has 2 rings (SSSR count). The molecule has 0 fully saturated rings. The molecule has 1 aromatic rings. The average Bonchev–Trinajstić information content (AvgIpc) is 2.84. The molecule has 2 N–H and O–H groups in total. The summed E-state index contributed by atoms with van der Waals surface area (Å²) >= 11 is 0. The first kappa shape index (κ1) is 15.1. The third kappa shape index (κ3) is 3.61. The molecule has 1 aromatic carbocycles. The quantitative estimate of drug-likeness (QED) is 0.630. The maximum Gasteiger partial charge on any atom is 0.354 e. The lowest BCUT2D eigenvalue weighted by atomic mass is 10.1. The lowest BCUT2D eigenvalue weighted by Crippen LogP contribution is -2.15. The minimum absolute atomic E-state index is 0.0113. The highest BCUT2D eigenvalue weighted by atomic mass is 16.5. The normalized spacial score (nSPS) is 17.1. The molecule has 0 bridgehead atoms. The number of methoxy groups -OCH3 is 2. The van der Waals surface area contributed by atoms with Gasteiger partial charge in [-0.05, 0) is 36.1 Å². The van der Waals surface area contributed by atoms with Crippen molar-refractivity contribution >= 4 is 17.6 Å². The number of hydrogen-bond donors (Lipinski definition) is 2. The number of rotatable bonds is 4. The van der Waals surface area contributed by atoms with Crippen LogP contribution in [0.15, 0.2) is 30.0 Å². The van der Waals surface area contributed by atoms with E-state index in [-0.39, 0.29) is 11.8 Å². The molecule has 1 unspecified atom stereocenters. The van der Waals surface area contributed by atoms with Gasteiger partial charge in [0.2, 0.25) is 0 Å². The smallest absolute Gasteiger partial charge is 0.354 e. The molecule has 0 radical (unpaired) electrons. The van der Waals surface area contributed by atoms with Gasteiger partial charge in [-0.25, -0.2) is 9.59 Å². The third-order valence-corrected chi connectivity index (χ3v) is 3.27. The Labute approximate surface area is 122 Å². The van der Waals surface area contributed by atoms with E-state index < -0.39 is 11.9 Å². The molecule has 1 aliphatic rings. The SMILES string of the molecule is COC(=O)/C=C(/Nc1ccc2c(c1)CC(O)C2)C(=O)OC. The van der Waals surface area contributed by atoms with Gasteiger partial charge in [-0.2, -0.15) is 0 Å². The van der Waals surface area contributed by atoms with Crippen molar-refractivity contribution in [3.8, 4) is 0 Å². The van der Waals surface area contributed by atoms with Gasteiger partial charge in [0.15, 0.2) is 0 Å². The summed E-state index contributed by atoms with van der Waals surface area (Å²) in [6, 6.07) is 5.52. The van der Waals surface area contributed by atoms with E-state index in [2.05, 4.69) is 14.8 Å². The van der Waals surface area contributed by atoms with Crippen LogP contribution in [0.2, 0.25) is 0 Å². The summed E-state index contributed by atoms with van der Waals surface area (Å²) in [4.78, 5) is 22.9. The maximum atomic E-state index is 11.7. The van der Waals surface area contributed by atoms with Gasteiger partial charge in [-0.3, -0.25) is 0 Å². The third-order valence-electron chi connectivity index (χ3n) is 3.27. The zero-order valence-corrected chi connectivity index (χ0v) is 11.9. The van der Waals surface area contributed by atoms with Crippen molar-refractivity contribution in [2.75, 3.05) is 19.5 Å². The van der Waals surface area contributed by atoms with Gasteiger partial charge in [0.05, 0.1) is 26.4 Å². The second-order valence-electron chi connectivity index (χ2n) is 4.74. The fraction of sp³-hybridized carbons (Fsp3) is 0.333. The lowest BCUT2D eigenvalue weighted by molar-refractivity contribution is -0.138. The number of carbonyl (C=O) groups excluding carboxylic acids is 2. The maximum absolute atomic E-state index is 11.7. The molecule has 0 amide bonds. The monoisotopic (exact) mass is 291 g/mol. The summed E-state index contributed by atoms with van der Waals surface area (Å²) in [5, 5.41) is 12.5.